The number of aromatic nitrogens is 3. The number of amides is 1. The van der Waals surface area contributed by atoms with Crippen LogP contribution in [0.15, 0.2) is 41.5 Å². The first-order valence-electron chi connectivity index (χ1n) is 11.3. The van der Waals surface area contributed by atoms with E-state index in [2.05, 4.69) is 25.2 Å². The van der Waals surface area contributed by atoms with E-state index in [0.717, 1.165) is 11.1 Å². The number of ether oxygens (including phenoxy) is 1. The van der Waals surface area contributed by atoms with Gasteiger partial charge in [0.25, 0.3) is 17.4 Å². The summed E-state index contributed by atoms with van der Waals surface area (Å²) in [5.41, 5.74) is 3.06. The topological polar surface area (TPSA) is 100 Å². The monoisotopic (exact) mass is 471 g/mol. The molecule has 0 spiro atoms. The Morgan fingerprint density at radius 1 is 1.24 bits per heavy atom. The van der Waals surface area contributed by atoms with Crippen molar-refractivity contribution in [3.63, 3.8) is 0 Å². The van der Waals surface area contributed by atoms with Gasteiger partial charge in [0.2, 0.25) is 0 Å². The molecule has 2 aliphatic rings. The van der Waals surface area contributed by atoms with Crippen LogP contribution >= 0.6 is 0 Å². The SMILES string of the molecule is CC.Cc1cc2ncc(CN3CC(Oc4ccc(C(=O)NC5CC5(F)F)nc4)C3)cc2[nH]c1=O. The Morgan fingerprint density at radius 2 is 1.97 bits per heavy atom. The molecule has 3 aromatic heterocycles. The number of pyridine rings is 3. The third-order valence-corrected chi connectivity index (χ3v) is 5.67. The lowest BCUT2D eigenvalue weighted by Crippen LogP contribution is -2.53. The smallest absolute Gasteiger partial charge is 0.270 e. The zero-order valence-corrected chi connectivity index (χ0v) is 19.3. The van der Waals surface area contributed by atoms with Gasteiger partial charge in [0.05, 0.1) is 23.3 Å². The van der Waals surface area contributed by atoms with Crippen LogP contribution in [0.2, 0.25) is 0 Å². The molecule has 0 aromatic carbocycles. The molecule has 2 N–H and O–H groups in total. The number of carbonyl (C=O) groups excluding carboxylic acids is 1. The minimum absolute atomic E-state index is 0.0162. The van der Waals surface area contributed by atoms with E-state index in [4.69, 9.17) is 4.74 Å². The summed E-state index contributed by atoms with van der Waals surface area (Å²) in [6.07, 6.45) is 2.89. The molecule has 1 aliphatic heterocycles. The Balaban J connectivity index is 0.00000133. The molecule has 180 valence electrons. The van der Waals surface area contributed by atoms with E-state index in [1.165, 1.54) is 12.3 Å². The van der Waals surface area contributed by atoms with E-state index in [-0.39, 0.29) is 23.8 Å². The normalized spacial score (nSPS) is 19.0. The van der Waals surface area contributed by atoms with Crippen molar-refractivity contribution in [1.82, 2.24) is 25.2 Å². The van der Waals surface area contributed by atoms with Gasteiger partial charge in [-0.05, 0) is 36.8 Å². The van der Waals surface area contributed by atoms with E-state index in [9.17, 15) is 18.4 Å². The van der Waals surface area contributed by atoms with Crippen LogP contribution in [0.1, 0.15) is 41.9 Å². The zero-order chi connectivity index (χ0) is 24.5. The first-order valence-corrected chi connectivity index (χ1v) is 11.3. The molecule has 10 heteroatoms. The minimum Gasteiger partial charge on any atom is -0.486 e. The number of halogens is 2. The average Bonchev–Trinajstić information content (AvgIpc) is 3.40. The van der Waals surface area contributed by atoms with Crippen LogP contribution < -0.4 is 15.6 Å². The maximum atomic E-state index is 12.9. The van der Waals surface area contributed by atoms with Crippen LogP contribution in [0.4, 0.5) is 8.78 Å². The molecule has 8 nitrogen and oxygen atoms in total. The molecule has 34 heavy (non-hydrogen) atoms. The molecule has 3 aromatic rings. The Bertz CT molecular complexity index is 1240. The molecule has 4 heterocycles. The van der Waals surface area contributed by atoms with Gasteiger partial charge in [0.15, 0.2) is 0 Å². The van der Waals surface area contributed by atoms with Gasteiger partial charge < -0.3 is 15.0 Å². The van der Waals surface area contributed by atoms with Crippen LogP contribution in [0.3, 0.4) is 0 Å². The first kappa shape index (κ1) is 23.7. The average molecular weight is 472 g/mol. The molecule has 1 amide bonds. The number of alkyl halides is 2. The Hall–Kier alpha value is -3.40. The van der Waals surface area contributed by atoms with Gasteiger partial charge in [-0.1, -0.05) is 13.8 Å². The summed E-state index contributed by atoms with van der Waals surface area (Å²) in [5, 5.41) is 2.27. The van der Waals surface area contributed by atoms with Crippen molar-refractivity contribution < 1.29 is 18.3 Å². The summed E-state index contributed by atoms with van der Waals surface area (Å²) in [5.74, 6) is -2.91. The van der Waals surface area contributed by atoms with Crippen molar-refractivity contribution in [3.8, 4) is 5.75 Å². The highest BCUT2D eigenvalue weighted by Gasteiger charge is 2.58. The van der Waals surface area contributed by atoms with Crippen LogP contribution in [0.25, 0.3) is 11.0 Å². The second kappa shape index (κ2) is 9.46. The second-order valence-electron chi connectivity index (χ2n) is 8.36. The molecule has 0 bridgehead atoms. The van der Waals surface area contributed by atoms with Crippen molar-refractivity contribution in [2.45, 2.75) is 51.8 Å². The molecular weight excluding hydrogens is 444 g/mol. The van der Waals surface area contributed by atoms with Crippen LogP contribution in [0, 0.1) is 6.92 Å². The lowest BCUT2D eigenvalue weighted by atomic mass is 10.1. The third kappa shape index (κ3) is 5.22. The summed E-state index contributed by atoms with van der Waals surface area (Å²) in [6.45, 7) is 7.85. The van der Waals surface area contributed by atoms with Crippen LogP contribution in [0.5, 0.6) is 5.75 Å². The van der Waals surface area contributed by atoms with E-state index < -0.39 is 17.9 Å². The Labute approximate surface area is 195 Å². The zero-order valence-electron chi connectivity index (χ0n) is 19.3. The van der Waals surface area contributed by atoms with Crippen LogP contribution in [-0.4, -0.2) is 56.9 Å². The molecule has 1 aliphatic carbocycles. The van der Waals surface area contributed by atoms with Crippen molar-refractivity contribution in [3.05, 3.63) is 63.8 Å². The van der Waals surface area contributed by atoms with Crippen molar-refractivity contribution in [1.29, 1.82) is 0 Å². The molecule has 1 saturated carbocycles. The summed E-state index contributed by atoms with van der Waals surface area (Å²) in [4.78, 5) is 37.2. The summed E-state index contributed by atoms with van der Waals surface area (Å²) >= 11 is 0. The largest absolute Gasteiger partial charge is 0.486 e. The summed E-state index contributed by atoms with van der Waals surface area (Å²) in [7, 11) is 0. The number of carbonyl (C=O) groups is 1. The number of nitrogens with zero attached hydrogens (tertiary/aromatic N) is 3. The lowest BCUT2D eigenvalue weighted by molar-refractivity contribution is 0.0143. The lowest BCUT2D eigenvalue weighted by Gasteiger charge is -2.38. The number of hydrogen-bond donors (Lipinski definition) is 2. The van der Waals surface area contributed by atoms with Gasteiger partial charge in [0, 0.05) is 37.8 Å². The number of hydrogen-bond acceptors (Lipinski definition) is 6. The van der Waals surface area contributed by atoms with Crippen molar-refractivity contribution >= 4 is 16.9 Å². The van der Waals surface area contributed by atoms with E-state index >= 15 is 0 Å². The molecule has 1 saturated heterocycles. The molecular formula is C24H27F2N5O3. The van der Waals surface area contributed by atoms with E-state index in [1.54, 1.807) is 25.3 Å². The second-order valence-corrected chi connectivity index (χ2v) is 8.36. The predicted molar refractivity (Wildman–Crippen MR) is 123 cm³/mol. The maximum absolute atomic E-state index is 12.9. The summed E-state index contributed by atoms with van der Waals surface area (Å²) in [6, 6.07) is 5.68. The number of aromatic amines is 1. The Kier molecular flexibility index (Phi) is 6.60. The van der Waals surface area contributed by atoms with Gasteiger partial charge in [-0.3, -0.25) is 19.5 Å². The molecule has 2 fully saturated rings. The fraction of sp³-hybridized carbons (Fsp3) is 0.417. The van der Waals surface area contributed by atoms with Gasteiger partial charge >= 0.3 is 0 Å². The fourth-order valence-corrected chi connectivity index (χ4v) is 3.67. The number of nitrogens with one attached hydrogen (secondary N) is 2. The van der Waals surface area contributed by atoms with Crippen molar-refractivity contribution in [2.75, 3.05) is 13.1 Å². The van der Waals surface area contributed by atoms with Gasteiger partial charge in [0.1, 0.15) is 17.5 Å². The third-order valence-electron chi connectivity index (χ3n) is 5.67. The molecule has 0 radical (unpaired) electrons. The first-order chi connectivity index (χ1) is 16.3. The minimum atomic E-state index is -2.81. The number of fused-ring (bicyclic) bond motifs is 1. The molecule has 1 atom stereocenters. The maximum Gasteiger partial charge on any atom is 0.270 e. The quantitative estimate of drug-likeness (QED) is 0.573. The number of H-pyrrole nitrogens is 1. The van der Waals surface area contributed by atoms with Crippen molar-refractivity contribution in [2.24, 2.45) is 0 Å². The van der Waals surface area contributed by atoms with Gasteiger partial charge in [-0.15, -0.1) is 0 Å². The molecule has 1 unspecified atom stereocenters. The van der Waals surface area contributed by atoms with Gasteiger partial charge in [-0.2, -0.15) is 0 Å². The fourth-order valence-electron chi connectivity index (χ4n) is 3.67. The number of aryl methyl sites for hydroxylation is 1. The van der Waals surface area contributed by atoms with Crippen LogP contribution in [-0.2, 0) is 6.54 Å². The van der Waals surface area contributed by atoms with E-state index in [1.807, 2.05) is 19.9 Å². The highest BCUT2D eigenvalue weighted by Crippen LogP contribution is 2.41. The van der Waals surface area contributed by atoms with E-state index in [0.29, 0.717) is 36.5 Å². The highest BCUT2D eigenvalue weighted by atomic mass is 19.3. The number of rotatable bonds is 6. The van der Waals surface area contributed by atoms with Gasteiger partial charge in [-0.25, -0.2) is 13.8 Å². The summed E-state index contributed by atoms with van der Waals surface area (Å²) < 4.78 is 31.7. The highest BCUT2D eigenvalue weighted by molar-refractivity contribution is 5.92. The Morgan fingerprint density at radius 3 is 2.62 bits per heavy atom. The molecule has 5 rings (SSSR count). The number of likely N-dealkylation sites (tertiary alicyclic amines) is 1. The predicted octanol–water partition coefficient (Wildman–Crippen LogP) is 3.05. The standard InChI is InChI=1S/C22H21F2N5O3.C2H6/c1-12-4-17-18(27-20(12)30)5-13(7-25-17)9-29-10-15(11-29)32-14-2-3-16(26-8-14)21(31)28-19-6-22(19,23)24;1-2/h2-5,7-8,15,19H,6,9-11H2,1H3,(H,27,30)(H,28,31);1-2H3.